The van der Waals surface area contributed by atoms with Gasteiger partial charge in [0.15, 0.2) is 0 Å². The lowest BCUT2D eigenvalue weighted by molar-refractivity contribution is 0.0754. The summed E-state index contributed by atoms with van der Waals surface area (Å²) in [5.41, 5.74) is 0.635. The van der Waals surface area contributed by atoms with Gasteiger partial charge in [0.05, 0.1) is 12.1 Å². The fourth-order valence-electron chi connectivity index (χ4n) is 1.98. The molecule has 5 heteroatoms. The summed E-state index contributed by atoms with van der Waals surface area (Å²) in [6.07, 6.45) is 2.70. The van der Waals surface area contributed by atoms with E-state index in [9.17, 15) is 4.79 Å². The zero-order valence-corrected chi connectivity index (χ0v) is 13.3. The molecule has 112 valence electrons. The highest BCUT2D eigenvalue weighted by molar-refractivity contribution is 7.09. The molecule has 2 rings (SSSR count). The van der Waals surface area contributed by atoms with E-state index in [1.807, 2.05) is 35.4 Å². The molecular weight excluding hydrogens is 282 g/mol. The minimum Gasteiger partial charge on any atom is -0.370 e. The van der Waals surface area contributed by atoms with Crippen molar-refractivity contribution < 1.29 is 4.79 Å². The molecule has 2 aromatic rings. The first-order valence-corrected chi connectivity index (χ1v) is 8.14. The van der Waals surface area contributed by atoms with Crippen LogP contribution in [-0.2, 0) is 6.54 Å². The van der Waals surface area contributed by atoms with Crippen LogP contribution in [0.2, 0.25) is 0 Å². The summed E-state index contributed by atoms with van der Waals surface area (Å²) in [6.45, 7) is 6.33. The topological polar surface area (TPSA) is 45.2 Å². The number of carbonyl (C=O) groups is 1. The number of anilines is 1. The van der Waals surface area contributed by atoms with Crippen molar-refractivity contribution in [3.05, 3.63) is 46.3 Å². The van der Waals surface area contributed by atoms with E-state index >= 15 is 0 Å². The van der Waals surface area contributed by atoms with Crippen LogP contribution in [0.4, 0.5) is 5.82 Å². The van der Waals surface area contributed by atoms with Crippen LogP contribution in [0.1, 0.15) is 35.5 Å². The molecule has 21 heavy (non-hydrogen) atoms. The van der Waals surface area contributed by atoms with Crippen molar-refractivity contribution in [2.45, 2.75) is 26.8 Å². The van der Waals surface area contributed by atoms with Crippen molar-refractivity contribution in [2.24, 2.45) is 0 Å². The number of aromatic nitrogens is 1. The molecule has 0 saturated carbocycles. The highest BCUT2D eigenvalue weighted by atomic mass is 32.1. The van der Waals surface area contributed by atoms with Gasteiger partial charge in [0.1, 0.15) is 5.82 Å². The summed E-state index contributed by atoms with van der Waals surface area (Å²) in [7, 11) is 0. The van der Waals surface area contributed by atoms with Crippen LogP contribution in [0.25, 0.3) is 0 Å². The van der Waals surface area contributed by atoms with Crippen LogP contribution < -0.4 is 5.32 Å². The lowest BCUT2D eigenvalue weighted by Gasteiger charge is -2.20. The molecule has 0 aliphatic carbocycles. The molecule has 2 heterocycles. The van der Waals surface area contributed by atoms with Crippen LogP contribution in [0.5, 0.6) is 0 Å². The third kappa shape index (κ3) is 4.29. The second-order valence-corrected chi connectivity index (χ2v) is 5.79. The standard InChI is InChI=1S/C16H21N3OS/c1-3-9-17-15-8-7-13(11-18-15)16(20)19(4-2)12-14-6-5-10-21-14/h5-8,10-11H,3-4,9,12H2,1-2H3,(H,17,18). The third-order valence-corrected chi connectivity index (χ3v) is 4.02. The minimum absolute atomic E-state index is 0.0282. The molecule has 4 nitrogen and oxygen atoms in total. The number of pyridine rings is 1. The average molecular weight is 303 g/mol. The summed E-state index contributed by atoms with van der Waals surface area (Å²) >= 11 is 1.67. The Morgan fingerprint density at radius 3 is 2.76 bits per heavy atom. The lowest BCUT2D eigenvalue weighted by atomic mass is 10.2. The van der Waals surface area contributed by atoms with Crippen LogP contribution in [0.15, 0.2) is 35.8 Å². The van der Waals surface area contributed by atoms with Crippen molar-refractivity contribution in [2.75, 3.05) is 18.4 Å². The highest BCUT2D eigenvalue weighted by Gasteiger charge is 2.15. The molecule has 0 atom stereocenters. The summed E-state index contributed by atoms with van der Waals surface area (Å²) < 4.78 is 0. The molecule has 0 unspecified atom stereocenters. The van der Waals surface area contributed by atoms with Gasteiger partial charge in [-0.3, -0.25) is 4.79 Å². The van der Waals surface area contributed by atoms with E-state index in [0.717, 1.165) is 18.8 Å². The Labute approximate surface area is 129 Å². The van der Waals surface area contributed by atoms with Gasteiger partial charge in [-0.2, -0.15) is 0 Å². The Kier molecular flexibility index (Phi) is 5.75. The number of nitrogens with one attached hydrogen (secondary N) is 1. The quantitative estimate of drug-likeness (QED) is 0.849. The van der Waals surface area contributed by atoms with Crippen molar-refractivity contribution in [1.29, 1.82) is 0 Å². The van der Waals surface area contributed by atoms with Gasteiger partial charge in [0, 0.05) is 24.2 Å². The summed E-state index contributed by atoms with van der Waals surface area (Å²) in [5.74, 6) is 0.843. The fraction of sp³-hybridized carbons (Fsp3) is 0.375. The molecule has 2 aromatic heterocycles. The first-order chi connectivity index (χ1) is 10.2. The van der Waals surface area contributed by atoms with Gasteiger partial charge < -0.3 is 10.2 Å². The van der Waals surface area contributed by atoms with Crippen molar-refractivity contribution >= 4 is 23.1 Å². The Morgan fingerprint density at radius 2 is 2.19 bits per heavy atom. The molecule has 0 saturated heterocycles. The Hall–Kier alpha value is -1.88. The maximum atomic E-state index is 12.5. The van der Waals surface area contributed by atoms with Crippen LogP contribution in [-0.4, -0.2) is 28.9 Å². The van der Waals surface area contributed by atoms with E-state index < -0.39 is 0 Å². The second-order valence-electron chi connectivity index (χ2n) is 4.76. The smallest absolute Gasteiger partial charge is 0.255 e. The van der Waals surface area contributed by atoms with Crippen molar-refractivity contribution in [3.63, 3.8) is 0 Å². The molecule has 0 aliphatic rings. The molecule has 1 amide bonds. The molecule has 0 aliphatic heterocycles. The Balaban J connectivity index is 2.03. The molecule has 1 N–H and O–H groups in total. The van der Waals surface area contributed by atoms with Crippen LogP contribution in [0.3, 0.4) is 0 Å². The maximum Gasteiger partial charge on any atom is 0.255 e. The number of amides is 1. The van der Waals surface area contributed by atoms with Gasteiger partial charge in [0.2, 0.25) is 0 Å². The van der Waals surface area contributed by atoms with Gasteiger partial charge in [-0.1, -0.05) is 13.0 Å². The lowest BCUT2D eigenvalue weighted by Crippen LogP contribution is -2.30. The molecular formula is C16H21N3OS. The largest absolute Gasteiger partial charge is 0.370 e. The van der Waals surface area contributed by atoms with Gasteiger partial charge in [-0.15, -0.1) is 11.3 Å². The maximum absolute atomic E-state index is 12.5. The van der Waals surface area contributed by atoms with E-state index in [2.05, 4.69) is 23.3 Å². The van der Waals surface area contributed by atoms with Crippen LogP contribution >= 0.6 is 11.3 Å². The fourth-order valence-corrected chi connectivity index (χ4v) is 2.70. The third-order valence-electron chi connectivity index (χ3n) is 3.16. The SMILES string of the molecule is CCCNc1ccc(C(=O)N(CC)Cc2cccs2)cn1. The van der Waals surface area contributed by atoms with E-state index in [1.165, 1.54) is 4.88 Å². The number of hydrogen-bond acceptors (Lipinski definition) is 4. The molecule has 0 radical (unpaired) electrons. The second kappa shape index (κ2) is 7.78. The predicted molar refractivity (Wildman–Crippen MR) is 87.8 cm³/mol. The minimum atomic E-state index is 0.0282. The van der Waals surface area contributed by atoms with Gasteiger partial charge in [-0.05, 0) is 36.9 Å². The molecule has 0 bridgehead atoms. The normalized spacial score (nSPS) is 10.4. The van der Waals surface area contributed by atoms with Crippen LogP contribution in [0, 0.1) is 0 Å². The average Bonchev–Trinajstić information content (AvgIpc) is 3.03. The highest BCUT2D eigenvalue weighted by Crippen LogP contribution is 2.14. The molecule has 0 fully saturated rings. The van der Waals surface area contributed by atoms with Crippen molar-refractivity contribution in [1.82, 2.24) is 9.88 Å². The first-order valence-electron chi connectivity index (χ1n) is 7.26. The number of nitrogens with zero attached hydrogens (tertiary/aromatic N) is 2. The van der Waals surface area contributed by atoms with E-state index in [-0.39, 0.29) is 5.91 Å². The van der Waals surface area contributed by atoms with Gasteiger partial charge in [-0.25, -0.2) is 4.98 Å². The van der Waals surface area contributed by atoms with E-state index in [0.29, 0.717) is 18.7 Å². The summed E-state index contributed by atoms with van der Waals surface area (Å²) in [5, 5.41) is 5.24. The van der Waals surface area contributed by atoms with Gasteiger partial charge >= 0.3 is 0 Å². The monoisotopic (exact) mass is 303 g/mol. The summed E-state index contributed by atoms with van der Waals surface area (Å²) in [6, 6.07) is 7.76. The zero-order chi connectivity index (χ0) is 15.1. The number of rotatable bonds is 7. The molecule has 0 aromatic carbocycles. The van der Waals surface area contributed by atoms with Crippen molar-refractivity contribution in [3.8, 4) is 0 Å². The summed E-state index contributed by atoms with van der Waals surface area (Å²) in [4.78, 5) is 19.8. The Bertz CT molecular complexity index is 551. The number of carbonyl (C=O) groups excluding carboxylic acids is 1. The van der Waals surface area contributed by atoms with Gasteiger partial charge in [0.25, 0.3) is 5.91 Å². The molecule has 0 spiro atoms. The van der Waals surface area contributed by atoms with E-state index in [4.69, 9.17) is 0 Å². The Morgan fingerprint density at radius 1 is 1.33 bits per heavy atom. The first kappa shape index (κ1) is 15.5. The number of thiophene rings is 1. The van der Waals surface area contributed by atoms with E-state index in [1.54, 1.807) is 17.5 Å². The predicted octanol–water partition coefficient (Wildman–Crippen LogP) is 3.63. The number of hydrogen-bond donors (Lipinski definition) is 1. The zero-order valence-electron chi connectivity index (χ0n) is 12.5.